The van der Waals surface area contributed by atoms with Crippen LogP contribution in [0.5, 0.6) is 0 Å². The molecule has 0 bridgehead atoms. The van der Waals surface area contributed by atoms with Crippen LogP contribution in [0.2, 0.25) is 0 Å². The number of ether oxygens (including phenoxy) is 1. The summed E-state index contributed by atoms with van der Waals surface area (Å²) in [5, 5.41) is 8.79. The monoisotopic (exact) mass is 226 g/mol. The van der Waals surface area contributed by atoms with Crippen molar-refractivity contribution in [3.63, 3.8) is 0 Å². The van der Waals surface area contributed by atoms with Crippen molar-refractivity contribution >= 4 is 13.8 Å². The molecule has 0 heterocycles. The molecule has 0 aromatic carbocycles. The van der Waals surface area contributed by atoms with Crippen LogP contribution < -0.4 is 0 Å². The second-order valence-corrected chi connectivity index (χ2v) is 3.62. The summed E-state index contributed by atoms with van der Waals surface area (Å²) in [5.74, 6) is -0.779. The van der Waals surface area contributed by atoms with E-state index in [2.05, 4.69) is 15.8 Å². The lowest BCUT2D eigenvalue weighted by atomic mass is 10.4. The van der Waals surface area contributed by atoms with E-state index in [-0.39, 0.29) is 5.57 Å². The van der Waals surface area contributed by atoms with Crippen LogP contribution in [0.3, 0.4) is 0 Å². The highest BCUT2D eigenvalue weighted by Gasteiger charge is 2.21. The highest BCUT2D eigenvalue weighted by Crippen LogP contribution is 2.36. The maximum Gasteiger partial charge on any atom is 0.472 e. The Hall–Kier alpha value is -0.720. The van der Waals surface area contributed by atoms with E-state index in [1.54, 1.807) is 0 Å². The third-order valence-electron chi connectivity index (χ3n) is 0.964. The summed E-state index contributed by atoms with van der Waals surface area (Å²) < 4.78 is 18.3. The molecule has 7 nitrogen and oxygen atoms in total. The van der Waals surface area contributed by atoms with Crippen molar-refractivity contribution in [1.82, 2.24) is 0 Å². The van der Waals surface area contributed by atoms with Gasteiger partial charge in [-0.25, -0.2) is 9.36 Å². The SMILES string of the molecule is C=C(C)C(=O)OCC(O)OP(=O)(O)O. The van der Waals surface area contributed by atoms with Gasteiger partial charge < -0.3 is 19.6 Å². The zero-order valence-electron chi connectivity index (χ0n) is 7.41. The Labute approximate surface area is 80.2 Å². The smallest absolute Gasteiger partial charge is 0.457 e. The average molecular weight is 226 g/mol. The number of aliphatic hydroxyl groups excluding tert-OH is 1. The van der Waals surface area contributed by atoms with Crippen LogP contribution in [-0.2, 0) is 18.6 Å². The standard InChI is InChI=1S/C6H11O7P/c1-4(2)6(8)12-3-5(7)13-14(9,10)11/h5,7H,1,3H2,2H3,(H2,9,10,11). The minimum atomic E-state index is -4.77. The number of phosphoric acid groups is 1. The maximum atomic E-state index is 10.7. The Bertz CT molecular complexity index is 267. The number of hydrogen-bond acceptors (Lipinski definition) is 5. The number of hydrogen-bond donors (Lipinski definition) is 3. The molecule has 0 aromatic rings. The van der Waals surface area contributed by atoms with Crippen LogP contribution in [0.4, 0.5) is 0 Å². The first-order valence-corrected chi connectivity index (χ1v) is 5.00. The largest absolute Gasteiger partial charge is 0.472 e. The quantitative estimate of drug-likeness (QED) is 0.251. The molecule has 0 saturated heterocycles. The van der Waals surface area contributed by atoms with Crippen molar-refractivity contribution in [2.75, 3.05) is 6.61 Å². The minimum absolute atomic E-state index is 0.105. The number of esters is 1. The van der Waals surface area contributed by atoms with E-state index >= 15 is 0 Å². The van der Waals surface area contributed by atoms with Crippen molar-refractivity contribution in [3.8, 4) is 0 Å². The maximum absolute atomic E-state index is 10.7. The number of phosphoric ester groups is 1. The molecule has 82 valence electrons. The Balaban J connectivity index is 3.86. The van der Waals surface area contributed by atoms with Crippen molar-refractivity contribution < 1.29 is 33.5 Å². The van der Waals surface area contributed by atoms with Crippen molar-refractivity contribution in [3.05, 3.63) is 12.2 Å². The first-order chi connectivity index (χ1) is 6.22. The van der Waals surface area contributed by atoms with E-state index in [1.165, 1.54) is 6.92 Å². The normalized spacial score (nSPS) is 13.4. The first-order valence-electron chi connectivity index (χ1n) is 3.47. The summed E-state index contributed by atoms with van der Waals surface area (Å²) in [7, 11) is -4.77. The molecule has 0 amide bonds. The van der Waals surface area contributed by atoms with Crippen molar-refractivity contribution in [1.29, 1.82) is 0 Å². The van der Waals surface area contributed by atoms with Gasteiger partial charge in [0, 0.05) is 5.57 Å². The van der Waals surface area contributed by atoms with Gasteiger partial charge in [0.25, 0.3) is 0 Å². The first kappa shape index (κ1) is 13.3. The lowest BCUT2D eigenvalue weighted by Gasteiger charge is -2.12. The summed E-state index contributed by atoms with van der Waals surface area (Å²) in [6, 6.07) is 0. The molecule has 0 saturated carbocycles. The van der Waals surface area contributed by atoms with E-state index in [4.69, 9.17) is 14.9 Å². The fourth-order valence-electron chi connectivity index (χ4n) is 0.459. The molecule has 14 heavy (non-hydrogen) atoms. The molecule has 0 aliphatic carbocycles. The molecular formula is C6H11O7P. The third kappa shape index (κ3) is 6.76. The van der Waals surface area contributed by atoms with Gasteiger partial charge in [0.05, 0.1) is 0 Å². The molecule has 8 heteroatoms. The van der Waals surface area contributed by atoms with Gasteiger partial charge in [-0.3, -0.25) is 4.52 Å². The van der Waals surface area contributed by atoms with E-state index in [1.807, 2.05) is 0 Å². The van der Waals surface area contributed by atoms with Gasteiger partial charge in [-0.05, 0) is 6.92 Å². The second kappa shape index (κ2) is 5.23. The minimum Gasteiger partial charge on any atom is -0.457 e. The highest BCUT2D eigenvalue weighted by molar-refractivity contribution is 7.46. The average Bonchev–Trinajstić information content (AvgIpc) is 1.96. The van der Waals surface area contributed by atoms with Gasteiger partial charge in [0.2, 0.25) is 6.29 Å². The zero-order chi connectivity index (χ0) is 11.4. The Kier molecular flexibility index (Phi) is 4.96. The molecule has 0 aliphatic heterocycles. The predicted molar refractivity (Wildman–Crippen MR) is 44.9 cm³/mol. The predicted octanol–water partition coefficient (Wildman–Crippen LogP) is -0.467. The Morgan fingerprint density at radius 3 is 2.43 bits per heavy atom. The zero-order valence-corrected chi connectivity index (χ0v) is 8.31. The van der Waals surface area contributed by atoms with Crippen molar-refractivity contribution in [2.45, 2.75) is 13.2 Å². The molecule has 3 N–H and O–H groups in total. The van der Waals surface area contributed by atoms with Crippen LogP contribution >= 0.6 is 7.82 Å². The molecule has 0 aromatic heterocycles. The second-order valence-electron chi connectivity index (χ2n) is 2.43. The molecule has 0 rings (SSSR count). The summed E-state index contributed by atoms with van der Waals surface area (Å²) >= 11 is 0. The number of rotatable bonds is 5. The van der Waals surface area contributed by atoms with E-state index < -0.39 is 26.7 Å². The summed E-state index contributed by atoms with van der Waals surface area (Å²) in [6.45, 7) is 3.97. The van der Waals surface area contributed by atoms with Crippen LogP contribution in [0, 0.1) is 0 Å². The molecule has 0 fully saturated rings. The fourth-order valence-corrected chi connectivity index (χ4v) is 0.837. The topological polar surface area (TPSA) is 113 Å². The lowest BCUT2D eigenvalue weighted by molar-refractivity contribution is -0.150. The fraction of sp³-hybridized carbons (Fsp3) is 0.500. The number of carbonyl (C=O) groups excluding carboxylic acids is 1. The Morgan fingerprint density at radius 1 is 1.57 bits per heavy atom. The van der Waals surface area contributed by atoms with Crippen LogP contribution in [-0.4, -0.2) is 33.8 Å². The Morgan fingerprint density at radius 2 is 2.07 bits per heavy atom. The van der Waals surface area contributed by atoms with Gasteiger partial charge in [-0.15, -0.1) is 0 Å². The lowest BCUT2D eigenvalue weighted by Crippen LogP contribution is -2.20. The van der Waals surface area contributed by atoms with Gasteiger partial charge in [-0.2, -0.15) is 0 Å². The molecule has 0 spiro atoms. The van der Waals surface area contributed by atoms with Gasteiger partial charge in [-0.1, -0.05) is 6.58 Å². The number of carbonyl (C=O) groups is 1. The third-order valence-corrected chi connectivity index (χ3v) is 1.48. The van der Waals surface area contributed by atoms with Crippen molar-refractivity contribution in [2.24, 2.45) is 0 Å². The van der Waals surface area contributed by atoms with Gasteiger partial charge in [0.1, 0.15) is 6.61 Å². The molecule has 1 atom stereocenters. The van der Waals surface area contributed by atoms with Crippen LogP contribution in [0.25, 0.3) is 0 Å². The summed E-state index contributed by atoms with van der Waals surface area (Å²) in [6.07, 6.45) is -1.86. The summed E-state index contributed by atoms with van der Waals surface area (Å²) in [5.41, 5.74) is 0.105. The molecule has 1 unspecified atom stereocenters. The summed E-state index contributed by atoms with van der Waals surface area (Å²) in [4.78, 5) is 27.2. The van der Waals surface area contributed by atoms with Gasteiger partial charge >= 0.3 is 13.8 Å². The number of aliphatic hydroxyl groups is 1. The van der Waals surface area contributed by atoms with E-state index in [9.17, 15) is 9.36 Å². The van der Waals surface area contributed by atoms with Crippen LogP contribution in [0.1, 0.15) is 6.92 Å². The van der Waals surface area contributed by atoms with Crippen LogP contribution in [0.15, 0.2) is 12.2 Å². The highest BCUT2D eigenvalue weighted by atomic mass is 31.2. The molecular weight excluding hydrogens is 215 g/mol. The van der Waals surface area contributed by atoms with Gasteiger partial charge in [0.15, 0.2) is 0 Å². The molecule has 0 radical (unpaired) electrons. The van der Waals surface area contributed by atoms with E-state index in [0.29, 0.717) is 0 Å². The molecule has 0 aliphatic rings. The van der Waals surface area contributed by atoms with E-state index in [0.717, 1.165) is 0 Å².